The second-order valence-corrected chi connectivity index (χ2v) is 10.6. The Morgan fingerprint density at radius 3 is 1.54 bits per heavy atom. The number of hydrogen-bond acceptors (Lipinski definition) is 3. The van der Waals surface area contributed by atoms with E-state index in [1.807, 2.05) is 0 Å². The molecule has 1 aliphatic carbocycles. The lowest BCUT2D eigenvalue weighted by Gasteiger charge is -2.57. The summed E-state index contributed by atoms with van der Waals surface area (Å²) in [7, 11) is 0. The van der Waals surface area contributed by atoms with Crippen molar-refractivity contribution in [2.45, 2.75) is 80.1 Å². The van der Waals surface area contributed by atoms with Crippen LogP contribution in [0.3, 0.4) is 0 Å². The molecule has 2 rings (SSSR count). The van der Waals surface area contributed by atoms with E-state index in [-0.39, 0.29) is 23.0 Å². The second kappa shape index (κ2) is 7.26. The van der Waals surface area contributed by atoms with Crippen molar-refractivity contribution in [3.05, 3.63) is 0 Å². The monoisotopic (exact) mass is 383 g/mol. The highest BCUT2D eigenvalue weighted by Gasteiger charge is 2.65. The van der Waals surface area contributed by atoms with Crippen LogP contribution in [0.1, 0.15) is 80.1 Å². The fourth-order valence-electron chi connectivity index (χ4n) is 6.00. The van der Waals surface area contributed by atoms with E-state index in [9.17, 15) is 14.4 Å². The van der Waals surface area contributed by atoms with Gasteiger partial charge in [0.1, 0.15) is 0 Å². The number of fused-ring (bicyclic) bond motifs is 2. The maximum Gasteiger partial charge on any atom is 0.232 e. The number of piperidine rings is 1. The molecule has 1 N–H and O–H groups in total. The summed E-state index contributed by atoms with van der Waals surface area (Å²) in [5.41, 5.74) is -2.17. The van der Waals surface area contributed by atoms with Gasteiger partial charge in [-0.1, -0.05) is 41.5 Å². The Kier molecular flexibility index (Phi) is 5.97. The predicted octanol–water partition coefficient (Wildman–Crippen LogP) is 4.69. The first kappa shape index (κ1) is 21.4. The molecule has 2 amide bonds. The first-order chi connectivity index (χ1) is 11.9. The molecule has 0 aromatic carbocycles. The smallest absolute Gasteiger partial charge is 0.232 e. The summed E-state index contributed by atoms with van der Waals surface area (Å²) >= 11 is 6.18. The zero-order valence-corrected chi connectivity index (χ0v) is 17.8. The third kappa shape index (κ3) is 3.85. The second-order valence-electron chi connectivity index (χ2n) is 10.2. The largest absolute Gasteiger partial charge is 0.295 e. The highest BCUT2D eigenvalue weighted by Crippen LogP contribution is 2.63. The van der Waals surface area contributed by atoms with Gasteiger partial charge in [0.2, 0.25) is 17.1 Å². The van der Waals surface area contributed by atoms with Crippen molar-refractivity contribution in [1.29, 1.82) is 0 Å². The fourth-order valence-corrected chi connectivity index (χ4v) is 6.21. The van der Waals surface area contributed by atoms with Gasteiger partial charge in [0, 0.05) is 5.41 Å². The Morgan fingerprint density at radius 2 is 1.23 bits per heavy atom. The fraction of sp³-hybridized carbons (Fsp3) is 0.857. The maximum absolute atomic E-state index is 13.0. The van der Waals surface area contributed by atoms with Crippen molar-refractivity contribution in [3.63, 3.8) is 0 Å². The van der Waals surface area contributed by atoms with Gasteiger partial charge in [-0.25, -0.2) is 0 Å². The third-order valence-electron chi connectivity index (χ3n) is 6.03. The van der Waals surface area contributed by atoms with Crippen molar-refractivity contribution in [3.8, 4) is 0 Å². The standard InChI is InChI=1S/C21H34ClNO3/c1-13(2)7-19(16(22)24)10-20(8-14(3)4)12-21(11-19,9-15(5)6)18(26)23-17(20)25/h13-15H,7-12H2,1-6H3,(H,23,25,26). The van der Waals surface area contributed by atoms with Crippen LogP contribution in [-0.4, -0.2) is 17.1 Å². The zero-order valence-electron chi connectivity index (χ0n) is 17.1. The van der Waals surface area contributed by atoms with E-state index in [0.29, 0.717) is 50.4 Å². The number of hydrogen-bond donors (Lipinski definition) is 1. The van der Waals surface area contributed by atoms with Gasteiger partial charge >= 0.3 is 0 Å². The van der Waals surface area contributed by atoms with Crippen LogP contribution >= 0.6 is 11.6 Å². The van der Waals surface area contributed by atoms with Crippen molar-refractivity contribution in [1.82, 2.24) is 5.32 Å². The van der Waals surface area contributed by atoms with E-state index < -0.39 is 16.2 Å². The van der Waals surface area contributed by atoms with Crippen LogP contribution in [0, 0.1) is 34.0 Å². The quantitative estimate of drug-likeness (QED) is 0.512. The minimum Gasteiger partial charge on any atom is -0.295 e. The normalized spacial score (nSPS) is 34.5. The lowest BCUT2D eigenvalue weighted by atomic mass is 9.47. The van der Waals surface area contributed by atoms with E-state index in [4.69, 9.17) is 11.6 Å². The van der Waals surface area contributed by atoms with E-state index in [0.717, 1.165) is 0 Å². The van der Waals surface area contributed by atoms with Crippen LogP contribution < -0.4 is 5.32 Å². The molecule has 1 aliphatic heterocycles. The number of rotatable bonds is 7. The van der Waals surface area contributed by atoms with Crippen LogP contribution in [0.15, 0.2) is 0 Å². The van der Waals surface area contributed by atoms with Crippen LogP contribution in [0.4, 0.5) is 0 Å². The lowest BCUT2D eigenvalue weighted by molar-refractivity contribution is -0.170. The third-order valence-corrected chi connectivity index (χ3v) is 6.44. The summed E-state index contributed by atoms with van der Waals surface area (Å²) in [6, 6.07) is 0. The number of carbonyl (C=O) groups excluding carboxylic acids is 3. The van der Waals surface area contributed by atoms with Gasteiger partial charge in [0.15, 0.2) is 0 Å². The number of amides is 2. The Balaban J connectivity index is 2.63. The number of nitrogens with one attached hydrogen (secondary N) is 1. The Labute approximate surface area is 162 Å². The molecule has 2 fully saturated rings. The van der Waals surface area contributed by atoms with Crippen molar-refractivity contribution in [2.75, 3.05) is 0 Å². The molecule has 5 heteroatoms. The highest BCUT2D eigenvalue weighted by atomic mass is 35.5. The van der Waals surface area contributed by atoms with E-state index >= 15 is 0 Å². The van der Waals surface area contributed by atoms with Crippen LogP contribution in [0.25, 0.3) is 0 Å². The molecule has 26 heavy (non-hydrogen) atoms. The Bertz CT molecular complexity index is 547. The lowest BCUT2D eigenvalue weighted by Crippen LogP contribution is -2.65. The maximum atomic E-state index is 13.0. The van der Waals surface area contributed by atoms with Crippen molar-refractivity contribution in [2.24, 2.45) is 34.0 Å². The molecule has 0 aromatic rings. The first-order valence-corrected chi connectivity index (χ1v) is 10.3. The summed E-state index contributed by atoms with van der Waals surface area (Å²) < 4.78 is 0. The first-order valence-electron chi connectivity index (χ1n) is 9.92. The van der Waals surface area contributed by atoms with Gasteiger partial charge in [-0.15, -0.1) is 0 Å². The average molecular weight is 384 g/mol. The van der Waals surface area contributed by atoms with Crippen LogP contribution in [0.2, 0.25) is 0 Å². The predicted molar refractivity (Wildman–Crippen MR) is 104 cm³/mol. The average Bonchev–Trinajstić information content (AvgIpc) is 2.42. The van der Waals surface area contributed by atoms with Crippen LogP contribution in [-0.2, 0) is 14.4 Å². The van der Waals surface area contributed by atoms with Gasteiger partial charge in [-0.3, -0.25) is 19.7 Å². The number of carbonyl (C=O) groups is 3. The van der Waals surface area contributed by atoms with E-state index in [1.165, 1.54) is 0 Å². The minimum absolute atomic E-state index is 0.207. The van der Waals surface area contributed by atoms with E-state index in [2.05, 4.69) is 46.9 Å². The SMILES string of the molecule is CC(C)CC1(C(=O)Cl)CC2(CC(C)C)CC(CC(C)C)(C1)C(=O)NC2=O. The Hall–Kier alpha value is -0.900. The zero-order chi connectivity index (χ0) is 19.9. The highest BCUT2D eigenvalue weighted by molar-refractivity contribution is 6.64. The van der Waals surface area contributed by atoms with Gasteiger partial charge < -0.3 is 0 Å². The molecule has 2 unspecified atom stereocenters. The summed E-state index contributed by atoms with van der Waals surface area (Å²) in [6.45, 7) is 12.5. The molecule has 1 saturated heterocycles. The summed E-state index contributed by atoms with van der Waals surface area (Å²) in [6.07, 6.45) is 3.43. The summed E-state index contributed by atoms with van der Waals surface area (Å²) in [5, 5.41) is 2.29. The Morgan fingerprint density at radius 1 is 0.846 bits per heavy atom. The molecule has 1 saturated carbocycles. The van der Waals surface area contributed by atoms with Crippen molar-refractivity contribution < 1.29 is 14.4 Å². The molecule has 2 atom stereocenters. The molecule has 2 bridgehead atoms. The molecular weight excluding hydrogens is 350 g/mol. The molecule has 148 valence electrons. The summed E-state index contributed by atoms with van der Waals surface area (Å²) in [4.78, 5) is 38.7. The van der Waals surface area contributed by atoms with Crippen LogP contribution in [0.5, 0.6) is 0 Å². The molecule has 0 spiro atoms. The van der Waals surface area contributed by atoms with Gasteiger partial charge in [-0.2, -0.15) is 0 Å². The number of imide groups is 1. The van der Waals surface area contributed by atoms with Gasteiger partial charge in [0.25, 0.3) is 0 Å². The van der Waals surface area contributed by atoms with E-state index in [1.54, 1.807) is 0 Å². The molecule has 1 heterocycles. The molecule has 4 nitrogen and oxygen atoms in total. The molecule has 2 aliphatic rings. The topological polar surface area (TPSA) is 63.2 Å². The summed E-state index contributed by atoms with van der Waals surface area (Å²) in [5.74, 6) is 0.446. The van der Waals surface area contributed by atoms with Gasteiger partial charge in [0.05, 0.1) is 10.8 Å². The van der Waals surface area contributed by atoms with Gasteiger partial charge in [-0.05, 0) is 67.9 Å². The molecule has 0 radical (unpaired) electrons. The molecular formula is C21H34ClNO3. The molecule has 0 aromatic heterocycles. The van der Waals surface area contributed by atoms with Crippen molar-refractivity contribution >= 4 is 28.7 Å². The minimum atomic E-state index is -0.800. The number of halogens is 1.